The fourth-order valence-corrected chi connectivity index (χ4v) is 2.43. The van der Waals surface area contributed by atoms with Crippen LogP contribution in [0.4, 0.5) is 30.6 Å². The lowest BCUT2D eigenvalue weighted by atomic mass is 10.3. The van der Waals surface area contributed by atoms with Crippen molar-refractivity contribution in [1.82, 2.24) is 19.9 Å². The molecule has 134 valence electrons. The number of nitrogens with one attached hydrogen (secondary N) is 1. The van der Waals surface area contributed by atoms with Crippen LogP contribution in [0.3, 0.4) is 0 Å². The Balaban J connectivity index is 1.86. The minimum Gasteiger partial charge on any atom is -0.431 e. The Morgan fingerprint density at radius 2 is 1.76 bits per heavy atom. The van der Waals surface area contributed by atoms with E-state index in [0.29, 0.717) is 5.82 Å². The van der Waals surface area contributed by atoms with Crippen LogP contribution in [0, 0.1) is 5.82 Å². The highest BCUT2D eigenvalue weighted by molar-refractivity contribution is 5.66. The Hall–Kier alpha value is -2.62. The lowest BCUT2D eigenvalue weighted by Gasteiger charge is -2.33. The van der Waals surface area contributed by atoms with Crippen molar-refractivity contribution >= 4 is 17.5 Å². The lowest BCUT2D eigenvalue weighted by Crippen LogP contribution is -2.44. The van der Waals surface area contributed by atoms with Gasteiger partial charge in [-0.3, -0.25) is 0 Å². The van der Waals surface area contributed by atoms with Gasteiger partial charge in [0.15, 0.2) is 11.6 Å². The van der Waals surface area contributed by atoms with Gasteiger partial charge in [-0.05, 0) is 7.05 Å². The summed E-state index contributed by atoms with van der Waals surface area (Å²) in [6.07, 6.45) is 3.18. The number of nitrogens with zero attached hydrogens (tertiary/aromatic N) is 5. The highest BCUT2D eigenvalue weighted by Crippen LogP contribution is 2.31. The van der Waals surface area contributed by atoms with Crippen molar-refractivity contribution in [2.75, 3.05) is 43.4 Å². The van der Waals surface area contributed by atoms with Crippen molar-refractivity contribution in [1.29, 1.82) is 0 Å². The maximum absolute atomic E-state index is 12.9. The van der Waals surface area contributed by atoms with Gasteiger partial charge in [-0.2, -0.15) is 8.78 Å². The molecule has 0 atom stereocenters. The van der Waals surface area contributed by atoms with Gasteiger partial charge >= 0.3 is 6.61 Å². The number of aromatic nitrogens is 3. The number of piperazine rings is 1. The molecule has 10 heteroatoms. The number of anilines is 3. The van der Waals surface area contributed by atoms with Crippen LogP contribution in [0.5, 0.6) is 5.75 Å². The van der Waals surface area contributed by atoms with Crippen LogP contribution in [0.2, 0.25) is 0 Å². The van der Waals surface area contributed by atoms with Gasteiger partial charge in [0.1, 0.15) is 5.82 Å². The summed E-state index contributed by atoms with van der Waals surface area (Å²) in [6.45, 7) is 0.295. The van der Waals surface area contributed by atoms with E-state index in [9.17, 15) is 13.2 Å². The van der Waals surface area contributed by atoms with Gasteiger partial charge < -0.3 is 19.9 Å². The summed E-state index contributed by atoms with van der Waals surface area (Å²) in [5, 5.41) is 2.77. The molecule has 0 aliphatic carbocycles. The highest BCUT2D eigenvalue weighted by Gasteiger charge is 2.18. The number of hydrogen-bond acceptors (Lipinski definition) is 7. The Labute approximate surface area is 142 Å². The number of ether oxygens (including phenoxy) is 1. The fraction of sp³-hybridized carbons (Fsp3) is 0.400. The zero-order valence-corrected chi connectivity index (χ0v) is 13.5. The maximum Gasteiger partial charge on any atom is 0.387 e. The van der Waals surface area contributed by atoms with Crippen molar-refractivity contribution in [3.63, 3.8) is 0 Å². The summed E-state index contributed by atoms with van der Waals surface area (Å²) in [5.41, 5.74) is 0.232. The summed E-state index contributed by atoms with van der Waals surface area (Å²) in [5.74, 6) is -0.0429. The predicted octanol–water partition coefficient (Wildman–Crippen LogP) is 2.11. The standard InChI is InChI=1S/C15H17F3N6O/c1-23-2-4-24(5-3-23)13-6-11(12(9-19-13)25-14(17)18)22-15-20-7-10(16)8-21-15/h6-9,14H,2-5H2,1H3,(H,19,20,21,22). The molecule has 0 amide bonds. The van der Waals surface area contributed by atoms with E-state index in [1.807, 2.05) is 11.9 Å². The summed E-state index contributed by atoms with van der Waals surface area (Å²) in [6, 6.07) is 1.59. The summed E-state index contributed by atoms with van der Waals surface area (Å²) < 4.78 is 42.6. The largest absolute Gasteiger partial charge is 0.431 e. The van der Waals surface area contributed by atoms with Crippen LogP contribution in [-0.4, -0.2) is 59.7 Å². The zero-order valence-electron chi connectivity index (χ0n) is 13.5. The second kappa shape index (κ2) is 7.51. The van der Waals surface area contributed by atoms with Crippen LogP contribution in [-0.2, 0) is 0 Å². The second-order valence-electron chi connectivity index (χ2n) is 5.56. The number of pyridine rings is 1. The molecule has 2 aromatic heterocycles. The van der Waals surface area contributed by atoms with Crippen molar-refractivity contribution in [2.24, 2.45) is 0 Å². The smallest absolute Gasteiger partial charge is 0.387 e. The van der Waals surface area contributed by atoms with Crippen LogP contribution in [0.1, 0.15) is 0 Å². The molecule has 0 bridgehead atoms. The number of likely N-dealkylation sites (N-methyl/N-ethyl adjacent to an activating group) is 1. The van der Waals surface area contributed by atoms with E-state index >= 15 is 0 Å². The molecular formula is C15H17F3N6O. The molecule has 0 aromatic carbocycles. The van der Waals surface area contributed by atoms with Gasteiger partial charge in [-0.15, -0.1) is 0 Å². The third-order valence-corrected chi connectivity index (χ3v) is 3.76. The minimum absolute atomic E-state index is 0.0658. The van der Waals surface area contributed by atoms with Crippen molar-refractivity contribution in [3.05, 3.63) is 30.5 Å². The molecule has 1 fully saturated rings. The van der Waals surface area contributed by atoms with E-state index in [4.69, 9.17) is 0 Å². The van der Waals surface area contributed by atoms with Crippen LogP contribution >= 0.6 is 0 Å². The Kier molecular flexibility index (Phi) is 5.17. The monoisotopic (exact) mass is 354 g/mol. The summed E-state index contributed by atoms with van der Waals surface area (Å²) in [7, 11) is 2.03. The van der Waals surface area contributed by atoms with Crippen LogP contribution < -0.4 is 15.0 Å². The molecule has 1 N–H and O–H groups in total. The topological polar surface area (TPSA) is 66.4 Å². The molecule has 3 heterocycles. The van der Waals surface area contributed by atoms with Crippen LogP contribution in [0.15, 0.2) is 24.7 Å². The molecule has 0 saturated carbocycles. The van der Waals surface area contributed by atoms with E-state index in [1.54, 1.807) is 6.07 Å². The van der Waals surface area contributed by atoms with Crippen molar-refractivity contribution in [3.8, 4) is 5.75 Å². The Morgan fingerprint density at radius 3 is 2.40 bits per heavy atom. The van der Waals surface area contributed by atoms with E-state index < -0.39 is 12.4 Å². The first-order chi connectivity index (χ1) is 12.0. The molecule has 7 nitrogen and oxygen atoms in total. The minimum atomic E-state index is -2.99. The van der Waals surface area contributed by atoms with Gasteiger partial charge in [-0.25, -0.2) is 19.3 Å². The molecule has 2 aromatic rings. The number of halogens is 3. The van der Waals surface area contributed by atoms with E-state index in [0.717, 1.165) is 38.6 Å². The van der Waals surface area contributed by atoms with Gasteiger partial charge in [0, 0.05) is 32.2 Å². The molecule has 25 heavy (non-hydrogen) atoms. The van der Waals surface area contributed by atoms with Crippen molar-refractivity contribution < 1.29 is 17.9 Å². The Bertz CT molecular complexity index is 707. The molecule has 1 saturated heterocycles. The first-order valence-corrected chi connectivity index (χ1v) is 7.64. The van der Waals surface area contributed by atoms with E-state index in [-0.39, 0.29) is 17.4 Å². The molecule has 0 spiro atoms. The number of hydrogen-bond donors (Lipinski definition) is 1. The summed E-state index contributed by atoms with van der Waals surface area (Å²) >= 11 is 0. The Morgan fingerprint density at radius 1 is 1.08 bits per heavy atom. The van der Waals surface area contributed by atoms with E-state index in [1.165, 1.54) is 6.20 Å². The maximum atomic E-state index is 12.9. The first-order valence-electron chi connectivity index (χ1n) is 7.64. The third-order valence-electron chi connectivity index (χ3n) is 3.76. The molecule has 0 unspecified atom stereocenters. The predicted molar refractivity (Wildman–Crippen MR) is 85.9 cm³/mol. The molecule has 3 rings (SSSR count). The second-order valence-corrected chi connectivity index (χ2v) is 5.56. The first kappa shape index (κ1) is 17.2. The SMILES string of the molecule is CN1CCN(c2cc(Nc3ncc(F)cn3)c(OC(F)F)cn2)CC1. The average Bonchev–Trinajstić information content (AvgIpc) is 2.59. The van der Waals surface area contributed by atoms with Crippen LogP contribution in [0.25, 0.3) is 0 Å². The highest BCUT2D eigenvalue weighted by atomic mass is 19.3. The average molecular weight is 354 g/mol. The molecular weight excluding hydrogens is 337 g/mol. The number of alkyl halides is 2. The molecule has 1 aliphatic rings. The van der Waals surface area contributed by atoms with Gasteiger partial charge in [0.25, 0.3) is 0 Å². The molecule has 1 aliphatic heterocycles. The number of rotatable bonds is 5. The van der Waals surface area contributed by atoms with Gasteiger partial charge in [-0.1, -0.05) is 0 Å². The third kappa shape index (κ3) is 4.47. The lowest BCUT2D eigenvalue weighted by molar-refractivity contribution is -0.0495. The van der Waals surface area contributed by atoms with Gasteiger partial charge in [0.05, 0.1) is 24.3 Å². The normalized spacial score (nSPS) is 15.5. The quantitative estimate of drug-likeness (QED) is 0.882. The molecule has 0 radical (unpaired) electrons. The van der Waals surface area contributed by atoms with Crippen molar-refractivity contribution in [2.45, 2.75) is 6.61 Å². The zero-order chi connectivity index (χ0) is 17.8. The fourth-order valence-electron chi connectivity index (χ4n) is 2.43. The van der Waals surface area contributed by atoms with Gasteiger partial charge in [0.2, 0.25) is 5.95 Å². The van der Waals surface area contributed by atoms with E-state index in [2.05, 4.69) is 29.9 Å². The summed E-state index contributed by atoms with van der Waals surface area (Å²) in [4.78, 5) is 16.0.